The lowest BCUT2D eigenvalue weighted by atomic mass is 10.1. The molecule has 0 amide bonds. The van der Waals surface area contributed by atoms with E-state index in [1.165, 1.54) is 12.1 Å². The molecule has 1 heterocycles. The van der Waals surface area contributed by atoms with Crippen molar-refractivity contribution in [2.75, 3.05) is 40.4 Å². The number of hydrogen-bond acceptors (Lipinski definition) is 4. The second-order valence-electron chi connectivity index (χ2n) is 6.31. The Bertz CT molecular complexity index is 611. The van der Waals surface area contributed by atoms with E-state index < -0.39 is 6.61 Å². The molecule has 1 saturated heterocycles. The van der Waals surface area contributed by atoms with Gasteiger partial charge in [0.2, 0.25) is 0 Å². The minimum absolute atomic E-state index is 0.101. The van der Waals surface area contributed by atoms with Crippen LogP contribution >= 0.6 is 11.6 Å². The van der Waals surface area contributed by atoms with Crippen LogP contribution < -0.4 is 15.4 Å². The Labute approximate surface area is 163 Å². The number of hydrogen-bond donors (Lipinski definition) is 2. The maximum absolute atomic E-state index is 12.6. The molecular formula is C18H27ClF2N4O2. The Kier molecular flexibility index (Phi) is 9.03. The molecule has 0 spiro atoms. The first-order valence-electron chi connectivity index (χ1n) is 8.93. The molecule has 1 aromatic rings. The van der Waals surface area contributed by atoms with Crippen LogP contribution in [0, 0.1) is 0 Å². The molecule has 6 nitrogen and oxygen atoms in total. The molecule has 2 rings (SSSR count). The van der Waals surface area contributed by atoms with Gasteiger partial charge in [-0.3, -0.25) is 4.99 Å². The summed E-state index contributed by atoms with van der Waals surface area (Å²) in [5, 5.41) is 6.99. The van der Waals surface area contributed by atoms with E-state index >= 15 is 0 Å². The topological polar surface area (TPSA) is 58.1 Å². The standard InChI is InChI=1S/C18H27ClF2N4O2/c1-22-18(24-15-5-7-25(8-6-15)9-10-26-2)23-12-13-11-14(19)3-4-16(13)27-17(20)21/h3-4,11,15,17H,5-10,12H2,1-2H3,(H2,22,23,24). The van der Waals surface area contributed by atoms with Crippen LogP contribution in [-0.4, -0.2) is 63.9 Å². The monoisotopic (exact) mass is 404 g/mol. The summed E-state index contributed by atoms with van der Waals surface area (Å²) < 4.78 is 34.8. The number of nitrogens with one attached hydrogen (secondary N) is 2. The number of alkyl halides is 2. The number of benzene rings is 1. The van der Waals surface area contributed by atoms with Gasteiger partial charge in [0.15, 0.2) is 5.96 Å². The first-order chi connectivity index (χ1) is 13.0. The average molecular weight is 405 g/mol. The highest BCUT2D eigenvalue weighted by atomic mass is 35.5. The summed E-state index contributed by atoms with van der Waals surface area (Å²) in [5.41, 5.74) is 0.542. The fraction of sp³-hybridized carbons (Fsp3) is 0.611. The Balaban J connectivity index is 1.85. The molecule has 1 aromatic carbocycles. The van der Waals surface area contributed by atoms with Crippen molar-refractivity contribution in [3.05, 3.63) is 28.8 Å². The second kappa shape index (κ2) is 11.3. The fourth-order valence-electron chi connectivity index (χ4n) is 2.99. The molecule has 2 N–H and O–H groups in total. The van der Waals surface area contributed by atoms with Crippen molar-refractivity contribution >= 4 is 17.6 Å². The average Bonchev–Trinajstić information content (AvgIpc) is 2.66. The molecular weight excluding hydrogens is 378 g/mol. The fourth-order valence-corrected chi connectivity index (χ4v) is 3.18. The van der Waals surface area contributed by atoms with Crippen molar-refractivity contribution in [2.24, 2.45) is 4.99 Å². The third kappa shape index (κ3) is 7.48. The summed E-state index contributed by atoms with van der Waals surface area (Å²) in [7, 11) is 3.39. The molecule has 0 bridgehead atoms. The SMILES string of the molecule is CN=C(NCc1cc(Cl)ccc1OC(F)F)NC1CCN(CCOC)CC1. The zero-order valence-corrected chi connectivity index (χ0v) is 16.4. The molecule has 27 heavy (non-hydrogen) atoms. The predicted molar refractivity (Wildman–Crippen MR) is 103 cm³/mol. The Morgan fingerprint density at radius 1 is 1.37 bits per heavy atom. The molecule has 152 valence electrons. The number of halogens is 3. The van der Waals surface area contributed by atoms with Crippen LogP contribution in [0.15, 0.2) is 23.2 Å². The van der Waals surface area contributed by atoms with Gasteiger partial charge < -0.3 is 25.0 Å². The molecule has 0 radical (unpaired) electrons. The highest BCUT2D eigenvalue weighted by Gasteiger charge is 2.20. The Hall–Kier alpha value is -1.64. The molecule has 0 aromatic heterocycles. The van der Waals surface area contributed by atoms with Crippen molar-refractivity contribution in [1.82, 2.24) is 15.5 Å². The molecule has 0 unspecified atom stereocenters. The second-order valence-corrected chi connectivity index (χ2v) is 6.75. The number of nitrogens with zero attached hydrogens (tertiary/aromatic N) is 2. The number of guanidine groups is 1. The zero-order chi connectivity index (χ0) is 19.6. The molecule has 9 heteroatoms. The number of methoxy groups -OCH3 is 1. The minimum Gasteiger partial charge on any atom is -0.434 e. The van der Waals surface area contributed by atoms with E-state index in [2.05, 4.69) is 25.3 Å². The number of likely N-dealkylation sites (tertiary alicyclic amines) is 1. The minimum atomic E-state index is -2.88. The van der Waals surface area contributed by atoms with E-state index in [4.69, 9.17) is 16.3 Å². The van der Waals surface area contributed by atoms with E-state index in [0.29, 0.717) is 22.6 Å². The normalized spacial score (nSPS) is 16.6. The van der Waals surface area contributed by atoms with Crippen LogP contribution in [0.4, 0.5) is 8.78 Å². The highest BCUT2D eigenvalue weighted by molar-refractivity contribution is 6.30. The lowest BCUT2D eigenvalue weighted by molar-refractivity contribution is -0.0504. The van der Waals surface area contributed by atoms with Crippen molar-refractivity contribution in [1.29, 1.82) is 0 Å². The summed E-state index contributed by atoms with van der Waals surface area (Å²) in [6.07, 6.45) is 2.00. The van der Waals surface area contributed by atoms with Crippen molar-refractivity contribution in [3.63, 3.8) is 0 Å². The summed E-state index contributed by atoms with van der Waals surface area (Å²) in [6.45, 7) is 1.07. The number of piperidine rings is 1. The van der Waals surface area contributed by atoms with Gasteiger partial charge >= 0.3 is 6.61 Å². The van der Waals surface area contributed by atoms with Gasteiger partial charge in [-0.15, -0.1) is 0 Å². The molecule has 0 atom stereocenters. The van der Waals surface area contributed by atoms with Gasteiger partial charge in [-0.05, 0) is 31.0 Å². The van der Waals surface area contributed by atoms with Crippen molar-refractivity contribution in [3.8, 4) is 5.75 Å². The van der Waals surface area contributed by atoms with Gasteiger partial charge in [0.05, 0.1) is 6.61 Å². The van der Waals surface area contributed by atoms with Crippen LogP contribution in [0.2, 0.25) is 5.02 Å². The summed E-state index contributed by atoms with van der Waals surface area (Å²) in [6, 6.07) is 4.88. The van der Waals surface area contributed by atoms with Crippen LogP contribution in [0.3, 0.4) is 0 Å². The lowest BCUT2D eigenvalue weighted by Gasteiger charge is -2.32. The quantitative estimate of drug-likeness (QED) is 0.515. The van der Waals surface area contributed by atoms with Gasteiger partial charge in [0, 0.05) is 57.0 Å². The van der Waals surface area contributed by atoms with E-state index in [9.17, 15) is 8.78 Å². The molecule has 1 fully saturated rings. The van der Waals surface area contributed by atoms with E-state index in [0.717, 1.165) is 39.1 Å². The molecule has 1 aliphatic rings. The first kappa shape index (κ1) is 21.7. The first-order valence-corrected chi connectivity index (χ1v) is 9.31. The maximum Gasteiger partial charge on any atom is 0.387 e. The van der Waals surface area contributed by atoms with Gasteiger partial charge in [0.25, 0.3) is 0 Å². The predicted octanol–water partition coefficient (Wildman–Crippen LogP) is 2.72. The lowest BCUT2D eigenvalue weighted by Crippen LogP contribution is -2.48. The van der Waals surface area contributed by atoms with E-state index in [1.54, 1.807) is 20.2 Å². The van der Waals surface area contributed by atoms with Crippen LogP contribution in [0.1, 0.15) is 18.4 Å². The van der Waals surface area contributed by atoms with Crippen LogP contribution in [-0.2, 0) is 11.3 Å². The van der Waals surface area contributed by atoms with Gasteiger partial charge in [-0.1, -0.05) is 11.6 Å². The van der Waals surface area contributed by atoms with E-state index in [1.807, 2.05) is 0 Å². The summed E-state index contributed by atoms with van der Waals surface area (Å²) >= 11 is 5.98. The third-order valence-electron chi connectivity index (χ3n) is 4.45. The number of ether oxygens (including phenoxy) is 2. The Morgan fingerprint density at radius 3 is 2.74 bits per heavy atom. The van der Waals surface area contributed by atoms with Crippen LogP contribution in [0.5, 0.6) is 5.75 Å². The molecule has 0 aliphatic carbocycles. The Morgan fingerprint density at radius 2 is 2.11 bits per heavy atom. The molecule has 1 aliphatic heterocycles. The van der Waals surface area contributed by atoms with Crippen LogP contribution in [0.25, 0.3) is 0 Å². The third-order valence-corrected chi connectivity index (χ3v) is 4.68. The highest BCUT2D eigenvalue weighted by Crippen LogP contribution is 2.24. The number of rotatable bonds is 8. The summed E-state index contributed by atoms with van der Waals surface area (Å²) in [5.74, 6) is 0.720. The van der Waals surface area contributed by atoms with E-state index in [-0.39, 0.29) is 12.3 Å². The van der Waals surface area contributed by atoms with Crippen molar-refractivity contribution < 1.29 is 18.3 Å². The van der Waals surface area contributed by atoms with Crippen molar-refractivity contribution in [2.45, 2.75) is 32.0 Å². The van der Waals surface area contributed by atoms with Gasteiger partial charge in [-0.2, -0.15) is 8.78 Å². The zero-order valence-electron chi connectivity index (χ0n) is 15.7. The maximum atomic E-state index is 12.6. The number of aliphatic imine (C=N–C) groups is 1. The molecule has 0 saturated carbocycles. The smallest absolute Gasteiger partial charge is 0.387 e. The largest absolute Gasteiger partial charge is 0.434 e. The summed E-state index contributed by atoms with van der Waals surface area (Å²) in [4.78, 5) is 6.59. The van der Waals surface area contributed by atoms with Gasteiger partial charge in [0.1, 0.15) is 5.75 Å². The van der Waals surface area contributed by atoms with Gasteiger partial charge in [-0.25, -0.2) is 0 Å².